The first-order valence-electron chi connectivity index (χ1n) is 9.19. The van der Waals surface area contributed by atoms with Crippen LogP contribution in [0.2, 0.25) is 0 Å². The van der Waals surface area contributed by atoms with Gasteiger partial charge in [0.05, 0.1) is 64.2 Å². The molecule has 0 aliphatic heterocycles. The first kappa shape index (κ1) is 22.1. The van der Waals surface area contributed by atoms with Gasteiger partial charge in [-0.1, -0.05) is 0 Å². The molecule has 0 radical (unpaired) electrons. The van der Waals surface area contributed by atoms with Crippen LogP contribution in [0, 0.1) is 11.3 Å². The summed E-state index contributed by atoms with van der Waals surface area (Å²) in [5, 5.41) is 9.87. The molecule has 0 unspecified atom stereocenters. The van der Waals surface area contributed by atoms with Gasteiger partial charge >= 0.3 is 0 Å². The lowest BCUT2D eigenvalue weighted by molar-refractivity contribution is 0.377. The van der Waals surface area contributed by atoms with E-state index >= 15 is 0 Å². The number of ether oxygens (including phenoxy) is 6. The van der Waals surface area contributed by atoms with E-state index in [0.717, 1.165) is 10.4 Å². The van der Waals surface area contributed by atoms with Crippen molar-refractivity contribution in [2.45, 2.75) is 0 Å². The van der Waals surface area contributed by atoms with Crippen molar-refractivity contribution in [1.82, 2.24) is 0 Å². The van der Waals surface area contributed by atoms with Crippen LogP contribution < -0.4 is 28.4 Å². The summed E-state index contributed by atoms with van der Waals surface area (Å²) in [4.78, 5) is 1.50. The first-order valence-corrected chi connectivity index (χ1v) is 10.0. The second-order valence-electron chi connectivity index (χ2n) is 6.28. The molecule has 3 aromatic rings. The third kappa shape index (κ3) is 4.05. The quantitative estimate of drug-likeness (QED) is 0.486. The number of nitrogens with zero attached hydrogens (tertiary/aromatic N) is 1. The van der Waals surface area contributed by atoms with Crippen molar-refractivity contribution < 1.29 is 28.4 Å². The van der Waals surface area contributed by atoms with Crippen molar-refractivity contribution in [2.75, 3.05) is 42.7 Å². The van der Waals surface area contributed by atoms with Gasteiger partial charge in [0, 0.05) is 29.1 Å². The number of thiophene rings is 1. The largest absolute Gasteiger partial charge is 0.496 e. The summed E-state index contributed by atoms with van der Waals surface area (Å²) in [7, 11) is 9.43. The van der Waals surface area contributed by atoms with E-state index in [1.54, 1.807) is 73.0 Å². The fourth-order valence-electron chi connectivity index (χ4n) is 3.26. The Morgan fingerprint density at radius 3 is 1.39 bits per heavy atom. The van der Waals surface area contributed by atoms with Crippen molar-refractivity contribution in [3.63, 3.8) is 0 Å². The van der Waals surface area contributed by atoms with Gasteiger partial charge < -0.3 is 28.4 Å². The molecule has 0 atom stereocenters. The summed E-state index contributed by atoms with van der Waals surface area (Å²) < 4.78 is 33.0. The third-order valence-corrected chi connectivity index (χ3v) is 5.93. The van der Waals surface area contributed by atoms with Crippen molar-refractivity contribution in [3.05, 3.63) is 35.9 Å². The fourth-order valence-corrected chi connectivity index (χ4v) is 4.48. The Bertz CT molecular complexity index is 1080. The van der Waals surface area contributed by atoms with Gasteiger partial charge in [0.15, 0.2) is 0 Å². The van der Waals surface area contributed by atoms with Gasteiger partial charge in [-0.05, 0) is 6.07 Å². The van der Waals surface area contributed by atoms with Crippen LogP contribution in [0.25, 0.3) is 20.9 Å². The highest BCUT2D eigenvalue weighted by Crippen LogP contribution is 2.51. The SMILES string of the molecule is COc1cc(OC)c(-c2cc(C#N)c(-c3c(OC)cc(OC)cc3OC)s2)c(OC)c1. The molecule has 0 amide bonds. The number of benzene rings is 2. The molecular formula is C23H23NO6S. The van der Waals surface area contributed by atoms with Crippen LogP contribution in [-0.2, 0) is 0 Å². The Hall–Kier alpha value is -3.57. The maximum atomic E-state index is 9.87. The van der Waals surface area contributed by atoms with Crippen LogP contribution in [0.4, 0.5) is 0 Å². The van der Waals surface area contributed by atoms with Crippen LogP contribution >= 0.6 is 11.3 Å². The molecule has 1 aromatic heterocycles. The first-order chi connectivity index (χ1) is 15.0. The van der Waals surface area contributed by atoms with Crippen molar-refractivity contribution in [3.8, 4) is 61.4 Å². The molecule has 2 aromatic carbocycles. The molecule has 0 aliphatic carbocycles. The van der Waals surface area contributed by atoms with Crippen molar-refractivity contribution in [2.24, 2.45) is 0 Å². The molecule has 0 N–H and O–H groups in total. The molecular weight excluding hydrogens is 418 g/mol. The Balaban J connectivity index is 2.30. The summed E-state index contributed by atoms with van der Waals surface area (Å²) >= 11 is 1.41. The summed E-state index contributed by atoms with van der Waals surface area (Å²) in [6.45, 7) is 0. The van der Waals surface area contributed by atoms with Crippen LogP contribution in [0.1, 0.15) is 5.56 Å². The monoisotopic (exact) mass is 441 g/mol. The van der Waals surface area contributed by atoms with Crippen LogP contribution in [0.5, 0.6) is 34.5 Å². The van der Waals surface area contributed by atoms with E-state index < -0.39 is 0 Å². The molecule has 0 bridgehead atoms. The molecule has 8 heteroatoms. The predicted molar refractivity (Wildman–Crippen MR) is 119 cm³/mol. The standard InChI is InChI=1S/C23H23NO6S/c1-25-14-8-16(27-3)21(17(9-14)28-4)20-7-13(12-24)23(31-20)22-18(29-5)10-15(26-2)11-19(22)30-6/h7-11H,1-6H3. The lowest BCUT2D eigenvalue weighted by Crippen LogP contribution is -1.95. The average Bonchev–Trinajstić information content (AvgIpc) is 3.25. The van der Waals surface area contributed by atoms with E-state index in [9.17, 15) is 5.26 Å². The highest BCUT2D eigenvalue weighted by atomic mass is 32.1. The Morgan fingerprint density at radius 2 is 1.03 bits per heavy atom. The summed E-state index contributed by atoms with van der Waals surface area (Å²) in [6, 6.07) is 11.1. The number of methoxy groups -OCH3 is 6. The highest BCUT2D eigenvalue weighted by Gasteiger charge is 2.24. The minimum Gasteiger partial charge on any atom is -0.496 e. The third-order valence-electron chi connectivity index (χ3n) is 4.76. The van der Waals surface area contributed by atoms with Gasteiger partial charge in [-0.3, -0.25) is 0 Å². The molecule has 162 valence electrons. The lowest BCUT2D eigenvalue weighted by Gasteiger charge is -2.15. The molecule has 0 saturated carbocycles. The van der Waals surface area contributed by atoms with E-state index in [1.165, 1.54) is 11.3 Å². The summed E-state index contributed by atoms with van der Waals surface area (Å²) in [5.74, 6) is 3.41. The molecule has 0 saturated heterocycles. The van der Waals surface area contributed by atoms with Crippen LogP contribution in [0.15, 0.2) is 30.3 Å². The summed E-state index contributed by atoms with van der Waals surface area (Å²) in [6.07, 6.45) is 0. The predicted octanol–water partition coefficient (Wildman–Crippen LogP) is 5.01. The van der Waals surface area contributed by atoms with Gasteiger partial charge in [0.2, 0.25) is 0 Å². The Labute approximate surface area is 185 Å². The average molecular weight is 442 g/mol. The molecule has 0 fully saturated rings. The second-order valence-corrected chi connectivity index (χ2v) is 7.33. The van der Waals surface area contributed by atoms with Gasteiger partial charge in [-0.15, -0.1) is 11.3 Å². The minimum atomic E-state index is 0.474. The van der Waals surface area contributed by atoms with Gasteiger partial charge in [0.25, 0.3) is 0 Å². The van der Waals surface area contributed by atoms with E-state index in [0.29, 0.717) is 50.5 Å². The molecule has 0 spiro atoms. The Morgan fingerprint density at radius 1 is 0.613 bits per heavy atom. The zero-order chi connectivity index (χ0) is 22.5. The maximum absolute atomic E-state index is 9.87. The van der Waals surface area contributed by atoms with Crippen molar-refractivity contribution in [1.29, 1.82) is 5.26 Å². The van der Waals surface area contributed by atoms with E-state index in [-0.39, 0.29) is 0 Å². The molecule has 0 aliphatic rings. The van der Waals surface area contributed by atoms with Gasteiger partial charge in [0.1, 0.15) is 40.6 Å². The van der Waals surface area contributed by atoms with Gasteiger partial charge in [-0.25, -0.2) is 0 Å². The number of nitriles is 1. The smallest absolute Gasteiger partial charge is 0.134 e. The molecule has 3 rings (SSSR count). The maximum Gasteiger partial charge on any atom is 0.134 e. The van der Waals surface area contributed by atoms with Crippen molar-refractivity contribution >= 4 is 11.3 Å². The lowest BCUT2D eigenvalue weighted by atomic mass is 10.1. The second kappa shape index (κ2) is 9.49. The summed E-state index contributed by atoms with van der Waals surface area (Å²) in [5.41, 5.74) is 1.87. The topological polar surface area (TPSA) is 79.2 Å². The molecule has 1 heterocycles. The number of rotatable bonds is 8. The highest BCUT2D eigenvalue weighted by molar-refractivity contribution is 7.19. The minimum absolute atomic E-state index is 0.474. The normalized spacial score (nSPS) is 10.2. The van der Waals surface area contributed by atoms with E-state index in [4.69, 9.17) is 28.4 Å². The molecule has 31 heavy (non-hydrogen) atoms. The zero-order valence-corrected chi connectivity index (χ0v) is 19.0. The zero-order valence-electron chi connectivity index (χ0n) is 18.2. The van der Waals surface area contributed by atoms with E-state index in [2.05, 4.69) is 6.07 Å². The molecule has 7 nitrogen and oxygen atoms in total. The fraction of sp³-hybridized carbons (Fsp3) is 0.261. The van der Waals surface area contributed by atoms with E-state index in [1.807, 2.05) is 0 Å². The van der Waals surface area contributed by atoms with Crippen LogP contribution in [-0.4, -0.2) is 42.7 Å². The van der Waals surface area contributed by atoms with Crippen LogP contribution in [0.3, 0.4) is 0 Å². The Kier molecular flexibility index (Phi) is 6.78. The number of hydrogen-bond donors (Lipinski definition) is 0. The van der Waals surface area contributed by atoms with Gasteiger partial charge in [-0.2, -0.15) is 5.26 Å². The number of hydrogen-bond acceptors (Lipinski definition) is 8.